The molecular formula is C68H48N2Si. The number of hydrogen-bond donors (Lipinski definition) is 0. The van der Waals surface area contributed by atoms with E-state index < -0.39 is 8.07 Å². The zero-order valence-electron chi connectivity index (χ0n) is 39.1. The number of fused-ring (bicyclic) bond motifs is 6. The van der Waals surface area contributed by atoms with Crippen molar-refractivity contribution in [1.29, 1.82) is 0 Å². The number of nitrogens with zero attached hydrogens (tertiary/aromatic N) is 2. The predicted octanol–water partition coefficient (Wildman–Crippen LogP) is 15.3. The van der Waals surface area contributed by atoms with Crippen LogP contribution >= 0.6 is 0 Å². The van der Waals surface area contributed by atoms with Crippen LogP contribution in [0.5, 0.6) is 0 Å². The Morgan fingerprint density at radius 2 is 0.732 bits per heavy atom. The van der Waals surface area contributed by atoms with E-state index in [0.717, 1.165) is 22.7 Å². The number of rotatable bonds is 10. The fourth-order valence-corrected chi connectivity index (χ4v) is 16.1. The smallest absolute Gasteiger partial charge is 0.179 e. The minimum Gasteiger partial charge on any atom is -0.310 e. The molecule has 13 rings (SSSR count). The molecule has 0 aliphatic heterocycles. The summed E-state index contributed by atoms with van der Waals surface area (Å²) in [5.74, 6) is 0. The topological polar surface area (TPSA) is 8.17 Å². The SMILES string of the molecule is c1ccc(-n2c3ccccc3c3c(-c4ccc(-c5ccc(N(c6ccc([Si](c7ccccc7)(c7ccccc7)c7ccccc7)cc6)c6cc7ccccc7c7ccccc67)cc5)cc4)cccc32)cc1. The molecule has 1 heterocycles. The minimum atomic E-state index is -2.73. The summed E-state index contributed by atoms with van der Waals surface area (Å²) in [5, 5.41) is 12.9. The Morgan fingerprint density at radius 3 is 1.34 bits per heavy atom. The van der Waals surface area contributed by atoms with Gasteiger partial charge in [-0.25, -0.2) is 0 Å². The Bertz CT molecular complexity index is 3900. The van der Waals surface area contributed by atoms with Gasteiger partial charge in [0.25, 0.3) is 0 Å². The molecule has 2 nitrogen and oxygen atoms in total. The number of aromatic nitrogens is 1. The van der Waals surface area contributed by atoms with Crippen molar-refractivity contribution >= 4 is 89.2 Å². The summed E-state index contributed by atoms with van der Waals surface area (Å²) in [7, 11) is -2.73. The van der Waals surface area contributed by atoms with Crippen LogP contribution in [0.1, 0.15) is 0 Å². The van der Waals surface area contributed by atoms with Gasteiger partial charge >= 0.3 is 0 Å². The lowest BCUT2D eigenvalue weighted by Gasteiger charge is -2.35. The molecule has 0 bridgehead atoms. The maximum absolute atomic E-state index is 2.73. The molecule has 13 aromatic rings. The monoisotopic (exact) mass is 920 g/mol. The number of para-hydroxylation sites is 2. The maximum atomic E-state index is 2.45. The van der Waals surface area contributed by atoms with Gasteiger partial charge in [-0.1, -0.05) is 237 Å². The second-order valence-electron chi connectivity index (χ2n) is 18.4. The lowest BCUT2D eigenvalue weighted by atomic mass is 9.96. The summed E-state index contributed by atoms with van der Waals surface area (Å²) in [6.07, 6.45) is 0. The highest BCUT2D eigenvalue weighted by atomic mass is 28.3. The highest BCUT2D eigenvalue weighted by Gasteiger charge is 2.41. The average molecular weight is 921 g/mol. The summed E-state index contributed by atoms with van der Waals surface area (Å²) < 4.78 is 2.39. The first-order chi connectivity index (χ1) is 35.2. The summed E-state index contributed by atoms with van der Waals surface area (Å²) >= 11 is 0. The molecule has 0 amide bonds. The Labute approximate surface area is 415 Å². The van der Waals surface area contributed by atoms with Gasteiger partial charge in [-0.15, -0.1) is 0 Å². The van der Waals surface area contributed by atoms with Crippen molar-refractivity contribution in [2.75, 3.05) is 4.90 Å². The summed E-state index contributed by atoms with van der Waals surface area (Å²) in [6, 6.07) is 107. The Hall–Kier alpha value is -9.02. The van der Waals surface area contributed by atoms with Crippen molar-refractivity contribution < 1.29 is 0 Å². The molecule has 0 fully saturated rings. The van der Waals surface area contributed by atoms with Gasteiger partial charge in [0.05, 0.1) is 16.7 Å². The molecule has 1 aromatic heterocycles. The van der Waals surface area contributed by atoms with Crippen LogP contribution in [0.4, 0.5) is 17.1 Å². The summed E-state index contributed by atoms with van der Waals surface area (Å²) in [6.45, 7) is 0. The lowest BCUT2D eigenvalue weighted by molar-refractivity contribution is 1.18. The number of benzene rings is 12. The van der Waals surface area contributed by atoms with Crippen LogP contribution in [0.25, 0.3) is 71.3 Å². The first-order valence-electron chi connectivity index (χ1n) is 24.5. The lowest BCUT2D eigenvalue weighted by Crippen LogP contribution is -2.74. The number of anilines is 3. The molecule has 0 aliphatic rings. The fraction of sp³-hybridized carbons (Fsp3) is 0. The van der Waals surface area contributed by atoms with Crippen LogP contribution in [-0.4, -0.2) is 12.6 Å². The standard InChI is InChI=1S/C68H48N2Si/c1-5-21-53(22-6-1)70-65-34-18-17-32-64(65)68-61(33-19-35-66(68)70)51-38-36-49(37-39-51)50-40-42-54(43-41-50)69(67-48-52-20-13-14-29-60(52)62-30-15-16-31-63(62)67)55-44-46-59(47-45-55)71(56-23-7-2-8-24-56,57-25-9-3-10-26-57)58-27-11-4-12-28-58/h1-48H. The maximum Gasteiger partial charge on any atom is 0.179 e. The first-order valence-corrected chi connectivity index (χ1v) is 26.5. The normalized spacial score (nSPS) is 11.7. The Morgan fingerprint density at radius 1 is 0.296 bits per heavy atom. The van der Waals surface area contributed by atoms with Crippen molar-refractivity contribution in [2.45, 2.75) is 0 Å². The Balaban J connectivity index is 0.922. The van der Waals surface area contributed by atoms with Crippen LogP contribution in [0, 0.1) is 0 Å². The highest BCUT2D eigenvalue weighted by molar-refractivity contribution is 7.19. The average Bonchev–Trinajstić information content (AvgIpc) is 3.80. The molecule has 0 spiro atoms. The molecule has 0 N–H and O–H groups in total. The molecule has 334 valence electrons. The largest absolute Gasteiger partial charge is 0.310 e. The summed E-state index contributed by atoms with van der Waals surface area (Å²) in [5.41, 5.74) is 11.7. The Kier molecular flexibility index (Phi) is 10.6. The molecule has 0 saturated heterocycles. The summed E-state index contributed by atoms with van der Waals surface area (Å²) in [4.78, 5) is 2.45. The van der Waals surface area contributed by atoms with Crippen LogP contribution in [0.3, 0.4) is 0 Å². The molecule has 0 atom stereocenters. The van der Waals surface area contributed by atoms with E-state index in [0.29, 0.717) is 0 Å². The van der Waals surface area contributed by atoms with E-state index in [1.165, 1.54) is 86.4 Å². The van der Waals surface area contributed by atoms with E-state index in [-0.39, 0.29) is 0 Å². The van der Waals surface area contributed by atoms with Crippen molar-refractivity contribution in [3.8, 4) is 27.9 Å². The van der Waals surface area contributed by atoms with Crippen LogP contribution in [0.15, 0.2) is 291 Å². The predicted molar refractivity (Wildman–Crippen MR) is 305 cm³/mol. The third kappa shape index (κ3) is 7.17. The molecular weight excluding hydrogens is 873 g/mol. The fourth-order valence-electron chi connectivity index (χ4n) is 11.3. The van der Waals surface area contributed by atoms with E-state index in [1.807, 2.05) is 0 Å². The zero-order chi connectivity index (χ0) is 47.1. The van der Waals surface area contributed by atoms with E-state index >= 15 is 0 Å². The molecule has 0 unspecified atom stereocenters. The highest BCUT2D eigenvalue weighted by Crippen LogP contribution is 2.43. The number of hydrogen-bond acceptors (Lipinski definition) is 1. The second kappa shape index (κ2) is 17.8. The molecule has 71 heavy (non-hydrogen) atoms. The van der Waals surface area contributed by atoms with Gasteiger partial charge in [0, 0.05) is 33.2 Å². The van der Waals surface area contributed by atoms with Crippen molar-refractivity contribution in [1.82, 2.24) is 4.57 Å². The van der Waals surface area contributed by atoms with Crippen molar-refractivity contribution in [2.24, 2.45) is 0 Å². The van der Waals surface area contributed by atoms with E-state index in [2.05, 4.69) is 301 Å². The molecule has 12 aromatic carbocycles. The van der Waals surface area contributed by atoms with Crippen molar-refractivity contribution in [3.05, 3.63) is 291 Å². The van der Waals surface area contributed by atoms with Gasteiger partial charge < -0.3 is 9.47 Å². The van der Waals surface area contributed by atoms with Crippen molar-refractivity contribution in [3.63, 3.8) is 0 Å². The second-order valence-corrected chi connectivity index (χ2v) is 22.2. The first kappa shape index (κ1) is 42.1. The minimum absolute atomic E-state index is 1.10. The molecule has 0 aliphatic carbocycles. The molecule has 0 saturated carbocycles. The third-order valence-corrected chi connectivity index (χ3v) is 19.3. The van der Waals surface area contributed by atoms with Gasteiger partial charge in [0.1, 0.15) is 0 Å². The zero-order valence-corrected chi connectivity index (χ0v) is 40.1. The van der Waals surface area contributed by atoms with Crippen LogP contribution < -0.4 is 25.6 Å². The quantitative estimate of drug-likeness (QED) is 0.0754. The molecule has 3 heteroatoms. The van der Waals surface area contributed by atoms with E-state index in [9.17, 15) is 0 Å². The van der Waals surface area contributed by atoms with E-state index in [4.69, 9.17) is 0 Å². The van der Waals surface area contributed by atoms with E-state index in [1.54, 1.807) is 0 Å². The van der Waals surface area contributed by atoms with Gasteiger partial charge in [-0.3, -0.25) is 0 Å². The molecule has 0 radical (unpaired) electrons. The van der Waals surface area contributed by atoms with Gasteiger partial charge in [0.2, 0.25) is 0 Å². The van der Waals surface area contributed by atoms with Gasteiger partial charge in [-0.2, -0.15) is 0 Å². The van der Waals surface area contributed by atoms with Crippen LogP contribution in [-0.2, 0) is 0 Å². The third-order valence-electron chi connectivity index (χ3n) is 14.5. The van der Waals surface area contributed by atoms with Crippen LogP contribution in [0.2, 0.25) is 0 Å². The van der Waals surface area contributed by atoms with Gasteiger partial charge in [-0.05, 0) is 114 Å². The van der Waals surface area contributed by atoms with Gasteiger partial charge in [0.15, 0.2) is 8.07 Å².